The largest absolute Gasteiger partial charge is 0.487 e. The molecule has 1 fully saturated rings. The van der Waals surface area contributed by atoms with Crippen molar-refractivity contribution in [3.05, 3.63) is 28.2 Å². The van der Waals surface area contributed by atoms with Crippen LogP contribution in [0.25, 0.3) is 0 Å². The van der Waals surface area contributed by atoms with E-state index < -0.39 is 0 Å². The molecule has 0 saturated heterocycles. The van der Waals surface area contributed by atoms with Gasteiger partial charge in [-0.1, -0.05) is 35.8 Å². The fourth-order valence-corrected chi connectivity index (χ4v) is 4.17. The third kappa shape index (κ3) is 2.62. The molecular weight excluding hydrogens is 314 g/mol. The predicted octanol–water partition coefficient (Wildman–Crippen LogP) is 4.82. The summed E-state index contributed by atoms with van der Waals surface area (Å²) in [7, 11) is 0. The Kier molecular flexibility index (Phi) is 3.85. The summed E-state index contributed by atoms with van der Waals surface area (Å²) in [5.74, 6) is 2.62. The standard InChI is InChI=1S/C17H24BrNO/c1-11(2)12-5-7-17(8-6-12)10-15(19)14-4-3-13(18)9-16(14)20-17/h3-4,9,11-12,15H,5-8,10,19H2,1-2H3/t12?,15-,17?/m0/s1. The molecule has 1 aromatic rings. The second-order valence-electron chi connectivity index (χ2n) is 6.86. The highest BCUT2D eigenvalue weighted by Gasteiger charge is 2.43. The van der Waals surface area contributed by atoms with Gasteiger partial charge in [0.05, 0.1) is 0 Å². The average Bonchev–Trinajstić information content (AvgIpc) is 2.38. The summed E-state index contributed by atoms with van der Waals surface area (Å²) in [6.45, 7) is 4.67. The molecule has 1 aliphatic carbocycles. The minimum Gasteiger partial charge on any atom is -0.487 e. The van der Waals surface area contributed by atoms with Gasteiger partial charge in [0.15, 0.2) is 0 Å². The minimum atomic E-state index is -0.0153. The summed E-state index contributed by atoms with van der Waals surface area (Å²) in [5.41, 5.74) is 7.54. The van der Waals surface area contributed by atoms with E-state index in [2.05, 4.69) is 48.0 Å². The monoisotopic (exact) mass is 337 g/mol. The zero-order chi connectivity index (χ0) is 14.3. The van der Waals surface area contributed by atoms with E-state index >= 15 is 0 Å². The quantitative estimate of drug-likeness (QED) is 0.797. The Morgan fingerprint density at radius 1 is 1.30 bits per heavy atom. The van der Waals surface area contributed by atoms with Crippen LogP contribution in [0.4, 0.5) is 0 Å². The van der Waals surface area contributed by atoms with Crippen LogP contribution in [0, 0.1) is 11.8 Å². The van der Waals surface area contributed by atoms with Crippen LogP contribution in [0.5, 0.6) is 5.75 Å². The van der Waals surface area contributed by atoms with Crippen molar-refractivity contribution in [2.24, 2.45) is 17.6 Å². The van der Waals surface area contributed by atoms with Gasteiger partial charge in [-0.25, -0.2) is 0 Å². The van der Waals surface area contributed by atoms with Crippen molar-refractivity contribution in [3.8, 4) is 5.75 Å². The molecular formula is C17H24BrNO. The number of benzene rings is 1. The number of rotatable bonds is 1. The lowest BCUT2D eigenvalue weighted by molar-refractivity contribution is -0.0160. The Morgan fingerprint density at radius 3 is 2.65 bits per heavy atom. The molecule has 1 aliphatic heterocycles. The number of hydrogen-bond donors (Lipinski definition) is 1. The van der Waals surface area contributed by atoms with E-state index in [0.717, 1.165) is 46.9 Å². The van der Waals surface area contributed by atoms with Gasteiger partial charge in [0, 0.05) is 22.5 Å². The molecule has 20 heavy (non-hydrogen) atoms. The highest BCUT2D eigenvalue weighted by Crippen LogP contribution is 2.47. The molecule has 1 aromatic carbocycles. The number of nitrogens with two attached hydrogens (primary N) is 1. The lowest BCUT2D eigenvalue weighted by atomic mass is 9.71. The van der Waals surface area contributed by atoms with Crippen molar-refractivity contribution < 1.29 is 4.74 Å². The molecule has 0 unspecified atom stereocenters. The molecule has 0 amide bonds. The molecule has 2 N–H and O–H groups in total. The maximum Gasteiger partial charge on any atom is 0.126 e. The van der Waals surface area contributed by atoms with Gasteiger partial charge in [0.25, 0.3) is 0 Å². The molecule has 0 aromatic heterocycles. The Bertz CT molecular complexity index is 492. The first-order valence-electron chi connectivity index (χ1n) is 7.73. The minimum absolute atomic E-state index is 0.0153. The molecule has 2 nitrogen and oxygen atoms in total. The lowest BCUT2D eigenvalue weighted by Crippen LogP contribution is -2.46. The van der Waals surface area contributed by atoms with Crippen molar-refractivity contribution >= 4 is 15.9 Å². The number of halogens is 1. The Hall–Kier alpha value is -0.540. The Morgan fingerprint density at radius 2 is 2.00 bits per heavy atom. The second-order valence-corrected chi connectivity index (χ2v) is 7.77. The van der Waals surface area contributed by atoms with E-state index in [1.165, 1.54) is 12.8 Å². The van der Waals surface area contributed by atoms with Crippen LogP contribution >= 0.6 is 15.9 Å². The van der Waals surface area contributed by atoms with Gasteiger partial charge < -0.3 is 10.5 Å². The third-order valence-electron chi connectivity index (χ3n) is 5.18. The molecule has 1 atom stereocenters. The SMILES string of the molecule is CC(C)C1CCC2(CC1)C[C@H](N)c1ccc(Br)cc1O2. The smallest absolute Gasteiger partial charge is 0.126 e. The lowest BCUT2D eigenvalue weighted by Gasteiger charge is -2.46. The van der Waals surface area contributed by atoms with Crippen molar-refractivity contribution in [1.82, 2.24) is 0 Å². The first-order valence-corrected chi connectivity index (χ1v) is 8.52. The summed E-state index contributed by atoms with van der Waals surface area (Å²) in [6, 6.07) is 6.33. The van der Waals surface area contributed by atoms with Crippen molar-refractivity contribution in [1.29, 1.82) is 0 Å². The van der Waals surface area contributed by atoms with Crippen LogP contribution in [0.1, 0.15) is 57.6 Å². The summed E-state index contributed by atoms with van der Waals surface area (Å²) >= 11 is 3.53. The fraction of sp³-hybridized carbons (Fsp3) is 0.647. The zero-order valence-corrected chi connectivity index (χ0v) is 13.9. The van der Waals surface area contributed by atoms with Crippen LogP contribution in [0.2, 0.25) is 0 Å². The highest BCUT2D eigenvalue weighted by molar-refractivity contribution is 9.10. The van der Waals surface area contributed by atoms with Crippen LogP contribution in [0.3, 0.4) is 0 Å². The van der Waals surface area contributed by atoms with Crippen molar-refractivity contribution in [2.45, 2.75) is 57.6 Å². The van der Waals surface area contributed by atoms with Crippen LogP contribution in [0.15, 0.2) is 22.7 Å². The molecule has 0 radical (unpaired) electrons. The summed E-state index contributed by atoms with van der Waals surface area (Å²) < 4.78 is 7.50. The summed E-state index contributed by atoms with van der Waals surface area (Å²) in [4.78, 5) is 0. The van der Waals surface area contributed by atoms with Gasteiger partial charge in [-0.05, 0) is 49.7 Å². The van der Waals surface area contributed by atoms with Gasteiger partial charge in [-0.2, -0.15) is 0 Å². The van der Waals surface area contributed by atoms with Crippen molar-refractivity contribution in [2.75, 3.05) is 0 Å². The molecule has 3 rings (SSSR count). The third-order valence-corrected chi connectivity index (χ3v) is 5.67. The molecule has 110 valence electrons. The number of fused-ring (bicyclic) bond motifs is 1. The maximum atomic E-state index is 6.43. The molecule has 3 heteroatoms. The highest BCUT2D eigenvalue weighted by atomic mass is 79.9. The van der Waals surface area contributed by atoms with E-state index in [-0.39, 0.29) is 11.6 Å². The van der Waals surface area contributed by atoms with Crippen LogP contribution < -0.4 is 10.5 Å². The molecule has 1 spiro atoms. The molecule has 2 aliphatic rings. The second kappa shape index (κ2) is 5.34. The van der Waals surface area contributed by atoms with E-state index in [4.69, 9.17) is 10.5 Å². The van der Waals surface area contributed by atoms with Gasteiger partial charge in [-0.3, -0.25) is 0 Å². The summed E-state index contributed by atoms with van der Waals surface area (Å²) in [6.07, 6.45) is 5.80. The van der Waals surface area contributed by atoms with E-state index in [1.807, 2.05) is 0 Å². The first-order chi connectivity index (χ1) is 9.49. The maximum absolute atomic E-state index is 6.43. The van der Waals surface area contributed by atoms with Crippen LogP contribution in [-0.2, 0) is 0 Å². The van der Waals surface area contributed by atoms with Gasteiger partial charge in [0.2, 0.25) is 0 Å². The Balaban J connectivity index is 1.81. The van der Waals surface area contributed by atoms with E-state index in [1.54, 1.807) is 0 Å². The normalized spacial score (nSPS) is 33.0. The van der Waals surface area contributed by atoms with Crippen molar-refractivity contribution in [3.63, 3.8) is 0 Å². The first kappa shape index (κ1) is 14.4. The van der Waals surface area contributed by atoms with Gasteiger partial charge in [0.1, 0.15) is 11.4 Å². The van der Waals surface area contributed by atoms with Gasteiger partial charge >= 0.3 is 0 Å². The number of ether oxygens (including phenoxy) is 1. The number of hydrogen-bond acceptors (Lipinski definition) is 2. The summed E-state index contributed by atoms with van der Waals surface area (Å²) in [5, 5.41) is 0. The molecule has 0 bridgehead atoms. The van der Waals surface area contributed by atoms with Crippen LogP contribution in [-0.4, -0.2) is 5.60 Å². The molecule has 1 saturated carbocycles. The predicted molar refractivity (Wildman–Crippen MR) is 85.8 cm³/mol. The Labute approximate surface area is 130 Å². The van der Waals surface area contributed by atoms with E-state index in [9.17, 15) is 0 Å². The molecule has 1 heterocycles. The van der Waals surface area contributed by atoms with E-state index in [0.29, 0.717) is 0 Å². The zero-order valence-electron chi connectivity index (χ0n) is 12.4. The van der Waals surface area contributed by atoms with Gasteiger partial charge in [-0.15, -0.1) is 0 Å². The topological polar surface area (TPSA) is 35.2 Å². The average molecular weight is 338 g/mol. The fourth-order valence-electron chi connectivity index (χ4n) is 3.83.